The lowest BCUT2D eigenvalue weighted by Gasteiger charge is -2.05. The summed E-state index contributed by atoms with van der Waals surface area (Å²) in [6, 6.07) is 0. The summed E-state index contributed by atoms with van der Waals surface area (Å²) in [5.74, 6) is 2.04. The van der Waals surface area contributed by atoms with E-state index in [-0.39, 0.29) is 5.97 Å². The molecule has 0 aliphatic heterocycles. The number of thiol groups is 2. The van der Waals surface area contributed by atoms with Crippen molar-refractivity contribution in [2.75, 3.05) is 18.1 Å². The third-order valence-corrected chi connectivity index (χ3v) is 5.49. The third-order valence-electron chi connectivity index (χ3n) is 4.85. The highest BCUT2D eigenvalue weighted by Gasteiger charge is 2.02. The van der Waals surface area contributed by atoms with Crippen LogP contribution in [0.2, 0.25) is 0 Å². The smallest absolute Gasteiger partial charge is 0.305 e. The lowest BCUT2D eigenvalue weighted by molar-refractivity contribution is -0.143. The molecule has 4 heteroatoms. The predicted octanol–water partition coefficient (Wildman–Crippen LogP) is 7.41. The van der Waals surface area contributed by atoms with E-state index < -0.39 is 0 Å². The predicted molar refractivity (Wildman–Crippen MR) is 122 cm³/mol. The van der Waals surface area contributed by atoms with Crippen molar-refractivity contribution in [2.45, 2.75) is 116 Å². The summed E-state index contributed by atoms with van der Waals surface area (Å²) in [4.78, 5) is 11.7. The minimum absolute atomic E-state index is 0.00275. The second-order valence-electron chi connectivity index (χ2n) is 7.43. The second kappa shape index (κ2) is 23.2. The molecule has 0 atom stereocenters. The molecule has 0 unspecified atom stereocenters. The molecule has 0 spiro atoms. The molecule has 0 aromatic rings. The molecule has 0 aliphatic carbocycles. The van der Waals surface area contributed by atoms with E-state index >= 15 is 0 Å². The Morgan fingerprint density at radius 1 is 0.500 bits per heavy atom. The van der Waals surface area contributed by atoms with Gasteiger partial charge in [-0.05, 0) is 37.2 Å². The molecule has 0 aromatic heterocycles. The Labute approximate surface area is 174 Å². The number of unbranched alkanes of at least 4 members (excludes halogenated alkanes) is 15. The molecule has 0 rings (SSSR count). The van der Waals surface area contributed by atoms with Gasteiger partial charge in [-0.2, -0.15) is 25.3 Å². The topological polar surface area (TPSA) is 26.3 Å². The average Bonchev–Trinajstić information content (AvgIpc) is 2.64. The number of hydrogen-bond donors (Lipinski definition) is 2. The van der Waals surface area contributed by atoms with Crippen LogP contribution in [0.3, 0.4) is 0 Å². The van der Waals surface area contributed by atoms with Crippen LogP contribution in [0.1, 0.15) is 116 Å². The van der Waals surface area contributed by atoms with Crippen molar-refractivity contribution < 1.29 is 9.53 Å². The van der Waals surface area contributed by atoms with Crippen molar-refractivity contribution in [3.63, 3.8) is 0 Å². The van der Waals surface area contributed by atoms with Crippen LogP contribution in [0.5, 0.6) is 0 Å². The van der Waals surface area contributed by atoms with Gasteiger partial charge in [-0.25, -0.2) is 0 Å². The highest BCUT2D eigenvalue weighted by Crippen LogP contribution is 2.12. The minimum atomic E-state index is 0.00275. The van der Waals surface area contributed by atoms with Crippen LogP contribution in [-0.4, -0.2) is 24.1 Å². The molecule has 26 heavy (non-hydrogen) atoms. The van der Waals surface area contributed by atoms with Crippen molar-refractivity contribution in [1.29, 1.82) is 0 Å². The fourth-order valence-corrected chi connectivity index (χ4v) is 3.60. The zero-order chi connectivity index (χ0) is 19.1. The summed E-state index contributed by atoms with van der Waals surface area (Å²) in [6.07, 6.45) is 22.0. The van der Waals surface area contributed by atoms with Gasteiger partial charge in [-0.3, -0.25) is 4.79 Å². The van der Waals surface area contributed by atoms with Gasteiger partial charge in [0.05, 0.1) is 6.61 Å². The molecule has 0 saturated heterocycles. The number of hydrogen-bond acceptors (Lipinski definition) is 4. The van der Waals surface area contributed by atoms with Crippen molar-refractivity contribution >= 4 is 31.2 Å². The first-order chi connectivity index (χ1) is 12.8. The molecule has 0 amide bonds. The standard InChI is InChI=1S/C22H44O2S2/c23-22(18-14-10-6-2-5-9-13-17-21-26)24-19-15-11-7-3-1-4-8-12-16-20-25/h25-26H,1-21H2. The molecule has 0 saturated carbocycles. The molecule has 2 nitrogen and oxygen atoms in total. The number of ether oxygens (including phenoxy) is 1. The molecule has 0 heterocycles. The summed E-state index contributed by atoms with van der Waals surface area (Å²) in [7, 11) is 0. The molecule has 0 radical (unpaired) electrons. The van der Waals surface area contributed by atoms with E-state index in [9.17, 15) is 4.79 Å². The normalized spacial score (nSPS) is 11.0. The van der Waals surface area contributed by atoms with Crippen molar-refractivity contribution in [2.24, 2.45) is 0 Å². The van der Waals surface area contributed by atoms with E-state index in [1.807, 2.05) is 0 Å². The summed E-state index contributed by atoms with van der Waals surface area (Å²) in [6.45, 7) is 0.617. The van der Waals surface area contributed by atoms with Crippen LogP contribution in [0.25, 0.3) is 0 Å². The van der Waals surface area contributed by atoms with E-state index in [0.717, 1.165) is 30.8 Å². The van der Waals surface area contributed by atoms with Crippen molar-refractivity contribution in [3.8, 4) is 0 Å². The summed E-state index contributed by atoms with van der Waals surface area (Å²) in [5.41, 5.74) is 0. The van der Waals surface area contributed by atoms with Gasteiger partial charge in [0.1, 0.15) is 0 Å². The summed E-state index contributed by atoms with van der Waals surface area (Å²) in [5, 5.41) is 0. The van der Waals surface area contributed by atoms with Gasteiger partial charge in [0, 0.05) is 6.42 Å². The minimum Gasteiger partial charge on any atom is -0.466 e. The quantitative estimate of drug-likeness (QED) is 0.118. The molecule has 0 bridgehead atoms. The van der Waals surface area contributed by atoms with Crippen molar-refractivity contribution in [1.82, 2.24) is 0 Å². The monoisotopic (exact) mass is 404 g/mol. The molecule has 0 aliphatic rings. The lowest BCUT2D eigenvalue weighted by atomic mass is 10.1. The van der Waals surface area contributed by atoms with E-state index in [0.29, 0.717) is 13.0 Å². The first-order valence-electron chi connectivity index (χ1n) is 11.2. The molecular weight excluding hydrogens is 360 g/mol. The van der Waals surface area contributed by atoms with Crippen LogP contribution in [-0.2, 0) is 9.53 Å². The zero-order valence-electron chi connectivity index (χ0n) is 17.1. The largest absolute Gasteiger partial charge is 0.466 e. The van der Waals surface area contributed by atoms with Crippen LogP contribution in [0, 0.1) is 0 Å². The number of carbonyl (C=O) groups excluding carboxylic acids is 1. The summed E-state index contributed by atoms with van der Waals surface area (Å²) >= 11 is 8.46. The first-order valence-corrected chi connectivity index (χ1v) is 12.4. The second-order valence-corrected chi connectivity index (χ2v) is 8.32. The summed E-state index contributed by atoms with van der Waals surface area (Å²) < 4.78 is 5.33. The fourth-order valence-electron chi connectivity index (χ4n) is 3.15. The van der Waals surface area contributed by atoms with Gasteiger partial charge in [0.25, 0.3) is 0 Å². The van der Waals surface area contributed by atoms with Gasteiger partial charge in [0.2, 0.25) is 0 Å². The Bertz CT molecular complexity index is 285. The van der Waals surface area contributed by atoms with E-state index in [4.69, 9.17) is 4.74 Å². The Morgan fingerprint density at radius 3 is 1.27 bits per heavy atom. The zero-order valence-corrected chi connectivity index (χ0v) is 18.8. The molecule has 0 N–H and O–H groups in total. The molecule has 0 fully saturated rings. The van der Waals surface area contributed by atoms with Gasteiger partial charge >= 0.3 is 5.97 Å². The van der Waals surface area contributed by atoms with E-state index in [1.165, 1.54) is 89.9 Å². The Balaban J connectivity index is 3.13. The van der Waals surface area contributed by atoms with E-state index in [2.05, 4.69) is 25.3 Å². The fraction of sp³-hybridized carbons (Fsp3) is 0.955. The average molecular weight is 405 g/mol. The number of rotatable bonds is 21. The maximum absolute atomic E-state index is 11.7. The van der Waals surface area contributed by atoms with Gasteiger partial charge < -0.3 is 4.74 Å². The molecular formula is C22H44O2S2. The number of esters is 1. The van der Waals surface area contributed by atoms with Crippen molar-refractivity contribution in [3.05, 3.63) is 0 Å². The van der Waals surface area contributed by atoms with Crippen LogP contribution in [0.15, 0.2) is 0 Å². The van der Waals surface area contributed by atoms with Gasteiger partial charge in [0.15, 0.2) is 0 Å². The van der Waals surface area contributed by atoms with Crippen LogP contribution >= 0.6 is 25.3 Å². The highest BCUT2D eigenvalue weighted by molar-refractivity contribution is 7.80. The van der Waals surface area contributed by atoms with E-state index in [1.54, 1.807) is 0 Å². The Kier molecular flexibility index (Phi) is 23.4. The SMILES string of the molecule is O=C(CCCCCCCCCCS)OCCCCCCCCCCCS. The van der Waals surface area contributed by atoms with Crippen LogP contribution < -0.4 is 0 Å². The highest BCUT2D eigenvalue weighted by atomic mass is 32.1. The maximum Gasteiger partial charge on any atom is 0.305 e. The Morgan fingerprint density at radius 2 is 0.846 bits per heavy atom. The molecule has 156 valence electrons. The van der Waals surface area contributed by atoms with Gasteiger partial charge in [-0.15, -0.1) is 0 Å². The first kappa shape index (κ1) is 26.2. The third kappa shape index (κ3) is 22.2. The molecule has 0 aromatic carbocycles. The van der Waals surface area contributed by atoms with Gasteiger partial charge in [-0.1, -0.05) is 83.5 Å². The van der Waals surface area contributed by atoms with Crippen LogP contribution in [0.4, 0.5) is 0 Å². The Hall–Kier alpha value is 0.170. The maximum atomic E-state index is 11.7. The number of carbonyl (C=O) groups is 1. The lowest BCUT2D eigenvalue weighted by Crippen LogP contribution is -2.05.